The van der Waals surface area contributed by atoms with Crippen LogP contribution in [0.2, 0.25) is 0 Å². The molecule has 2 unspecified atom stereocenters. The molecule has 1 aliphatic heterocycles. The Labute approximate surface area is 226 Å². The third-order valence-corrected chi connectivity index (χ3v) is 9.16. The van der Waals surface area contributed by atoms with E-state index in [1.54, 1.807) is 0 Å². The normalized spacial score (nSPS) is 18.6. The average molecular weight is 507 g/mol. The molecule has 1 saturated heterocycles. The number of carbonyl (C=O) groups excluding carboxylic acids is 1. The van der Waals surface area contributed by atoms with Crippen LogP contribution < -0.4 is 10.6 Å². The second-order valence-corrected chi connectivity index (χ2v) is 12.3. The Morgan fingerprint density at radius 2 is 1.30 bits per heavy atom. The highest BCUT2D eigenvalue weighted by Crippen LogP contribution is 2.41. The van der Waals surface area contributed by atoms with Gasteiger partial charge in [-0.1, -0.05) is 103 Å². The van der Waals surface area contributed by atoms with Gasteiger partial charge in [-0.05, 0) is 59.3 Å². The summed E-state index contributed by atoms with van der Waals surface area (Å²) in [6.45, 7) is 19.5. The Balaban J connectivity index is 1.92. The van der Waals surface area contributed by atoms with E-state index in [0.717, 1.165) is 32.1 Å². The van der Waals surface area contributed by atoms with E-state index in [2.05, 4.69) is 115 Å². The molecule has 1 aliphatic rings. The van der Waals surface area contributed by atoms with E-state index in [0.29, 0.717) is 13.1 Å². The van der Waals surface area contributed by atoms with E-state index >= 15 is 0 Å². The van der Waals surface area contributed by atoms with Crippen LogP contribution in [-0.2, 0) is 21.0 Å². The molecule has 0 saturated carbocycles. The van der Waals surface area contributed by atoms with E-state index < -0.39 is 0 Å². The lowest BCUT2D eigenvalue weighted by Crippen LogP contribution is -2.44. The molecule has 4 nitrogen and oxygen atoms in total. The number of nitrogens with one attached hydrogen (secondary N) is 2. The molecular weight excluding hydrogens is 456 g/mol. The molecule has 204 valence electrons. The van der Waals surface area contributed by atoms with Gasteiger partial charge in [-0.2, -0.15) is 0 Å². The third-order valence-electron chi connectivity index (χ3n) is 9.16. The highest BCUT2D eigenvalue weighted by molar-refractivity contribution is 5.67. The Hall–Kier alpha value is -2.33. The molecular formula is C33H50N2O2. The summed E-state index contributed by atoms with van der Waals surface area (Å²) < 4.78 is 5.80. The number of hydrogen-bond donors (Lipinski definition) is 2. The zero-order valence-corrected chi connectivity index (χ0v) is 24.5. The number of rotatable bonds is 11. The lowest BCUT2D eigenvalue weighted by Gasteiger charge is -2.38. The van der Waals surface area contributed by atoms with Gasteiger partial charge < -0.3 is 15.4 Å². The minimum Gasteiger partial charge on any atom is -0.445 e. The second-order valence-electron chi connectivity index (χ2n) is 12.3. The molecule has 2 atom stereocenters. The van der Waals surface area contributed by atoms with E-state index in [-0.39, 0.29) is 34.5 Å². The van der Waals surface area contributed by atoms with Crippen LogP contribution in [0.4, 0.5) is 4.79 Å². The first-order chi connectivity index (χ1) is 17.5. The van der Waals surface area contributed by atoms with Crippen molar-refractivity contribution < 1.29 is 9.53 Å². The van der Waals surface area contributed by atoms with Gasteiger partial charge in [0.2, 0.25) is 0 Å². The number of unbranched alkanes of at least 4 members (excludes halogenated alkanes) is 1. The first-order valence-electron chi connectivity index (χ1n) is 14.4. The van der Waals surface area contributed by atoms with Gasteiger partial charge in [0.25, 0.3) is 0 Å². The van der Waals surface area contributed by atoms with Crippen LogP contribution in [0, 0.1) is 0 Å². The van der Waals surface area contributed by atoms with Gasteiger partial charge in [-0.25, -0.2) is 4.79 Å². The van der Waals surface area contributed by atoms with Crippen molar-refractivity contribution in [2.24, 2.45) is 0 Å². The summed E-state index contributed by atoms with van der Waals surface area (Å²) >= 11 is 0. The van der Waals surface area contributed by atoms with E-state index in [1.807, 2.05) is 0 Å². The predicted octanol–water partition coefficient (Wildman–Crippen LogP) is 7.62. The maximum absolute atomic E-state index is 12.3. The maximum Gasteiger partial charge on any atom is 0.407 e. The lowest BCUT2D eigenvalue weighted by molar-refractivity contribution is 0.105. The van der Waals surface area contributed by atoms with Crippen LogP contribution >= 0.6 is 0 Å². The highest BCUT2D eigenvalue weighted by atomic mass is 16.6. The largest absolute Gasteiger partial charge is 0.445 e. The molecule has 2 N–H and O–H groups in total. The third kappa shape index (κ3) is 6.57. The van der Waals surface area contributed by atoms with E-state index in [4.69, 9.17) is 4.74 Å². The average Bonchev–Trinajstić information content (AvgIpc) is 3.37. The predicted molar refractivity (Wildman–Crippen MR) is 156 cm³/mol. The fourth-order valence-corrected chi connectivity index (χ4v) is 5.31. The Morgan fingerprint density at radius 3 is 1.73 bits per heavy atom. The SMILES string of the molecule is CCCCNC(=O)OC1CNC(C(C)(c2ccc(C(C)(C)CC)cc2)c2ccc(C(C)(C)CC)cc2)C1. The lowest BCUT2D eigenvalue weighted by atomic mass is 9.68. The number of benzene rings is 2. The van der Waals surface area contributed by atoms with Crippen molar-refractivity contribution in [1.29, 1.82) is 0 Å². The van der Waals surface area contributed by atoms with Crippen molar-refractivity contribution in [2.75, 3.05) is 13.1 Å². The van der Waals surface area contributed by atoms with Crippen LogP contribution in [0.1, 0.15) is 110 Å². The molecule has 2 aromatic rings. The number of hydrogen-bond acceptors (Lipinski definition) is 3. The molecule has 4 heteroatoms. The molecule has 0 bridgehead atoms. The maximum atomic E-state index is 12.3. The van der Waals surface area contributed by atoms with Gasteiger partial charge in [-0.3, -0.25) is 0 Å². The van der Waals surface area contributed by atoms with Crippen molar-refractivity contribution in [3.05, 3.63) is 70.8 Å². The van der Waals surface area contributed by atoms with Crippen molar-refractivity contribution in [3.8, 4) is 0 Å². The van der Waals surface area contributed by atoms with Crippen LogP contribution in [0.5, 0.6) is 0 Å². The zero-order chi connectivity index (χ0) is 27.3. The minimum atomic E-state index is -0.306. The Kier molecular flexibility index (Phi) is 9.50. The zero-order valence-electron chi connectivity index (χ0n) is 24.5. The molecule has 1 fully saturated rings. The first kappa shape index (κ1) is 29.2. The number of alkyl carbamates (subject to hydrolysis) is 1. The summed E-state index contributed by atoms with van der Waals surface area (Å²) in [6.07, 6.45) is 4.55. The Morgan fingerprint density at radius 1 is 0.838 bits per heavy atom. The van der Waals surface area contributed by atoms with Crippen LogP contribution in [-0.4, -0.2) is 31.3 Å². The van der Waals surface area contributed by atoms with Crippen LogP contribution in [0.15, 0.2) is 48.5 Å². The standard InChI is InChI=1S/C33H50N2O2/c1-9-12-21-34-30(36)37-28-22-29(35-23-28)33(8,26-17-13-24(14-18-26)31(4,5)10-2)27-19-15-25(16-20-27)32(6,7)11-3/h13-20,28-29,35H,9-12,21-23H2,1-8H3,(H,34,36). The monoisotopic (exact) mass is 506 g/mol. The second kappa shape index (κ2) is 12.0. The van der Waals surface area contributed by atoms with E-state index in [9.17, 15) is 4.79 Å². The first-order valence-corrected chi connectivity index (χ1v) is 14.4. The molecule has 0 radical (unpaired) electrons. The molecule has 1 amide bonds. The van der Waals surface area contributed by atoms with Gasteiger partial charge in [0, 0.05) is 31.0 Å². The minimum absolute atomic E-state index is 0.137. The fraction of sp³-hybridized carbons (Fsp3) is 0.606. The number of ether oxygens (including phenoxy) is 1. The molecule has 2 aromatic carbocycles. The highest BCUT2D eigenvalue weighted by Gasteiger charge is 2.43. The summed E-state index contributed by atoms with van der Waals surface area (Å²) in [7, 11) is 0. The van der Waals surface area contributed by atoms with Crippen LogP contribution in [0.3, 0.4) is 0 Å². The smallest absolute Gasteiger partial charge is 0.407 e. The summed E-state index contributed by atoms with van der Waals surface area (Å²) in [5.41, 5.74) is 5.35. The number of carbonyl (C=O) groups is 1. The summed E-state index contributed by atoms with van der Waals surface area (Å²) in [4.78, 5) is 12.3. The van der Waals surface area contributed by atoms with Crippen molar-refractivity contribution >= 4 is 6.09 Å². The van der Waals surface area contributed by atoms with Gasteiger partial charge in [0.15, 0.2) is 0 Å². The molecule has 0 aromatic heterocycles. The Bertz CT molecular complexity index is 948. The molecule has 37 heavy (non-hydrogen) atoms. The molecule has 0 spiro atoms. The van der Waals surface area contributed by atoms with Crippen LogP contribution in [0.25, 0.3) is 0 Å². The fourth-order valence-electron chi connectivity index (χ4n) is 5.31. The van der Waals surface area contributed by atoms with Crippen molar-refractivity contribution in [3.63, 3.8) is 0 Å². The summed E-state index contributed by atoms with van der Waals surface area (Å²) in [5, 5.41) is 6.61. The van der Waals surface area contributed by atoms with Crippen molar-refractivity contribution in [2.45, 2.75) is 116 Å². The summed E-state index contributed by atoms with van der Waals surface area (Å²) in [5.74, 6) is 0. The molecule has 3 rings (SSSR count). The van der Waals surface area contributed by atoms with Gasteiger partial charge >= 0.3 is 6.09 Å². The van der Waals surface area contributed by atoms with Gasteiger partial charge in [-0.15, -0.1) is 0 Å². The summed E-state index contributed by atoms with van der Waals surface area (Å²) in [6, 6.07) is 18.6. The molecule has 0 aliphatic carbocycles. The van der Waals surface area contributed by atoms with E-state index in [1.165, 1.54) is 22.3 Å². The van der Waals surface area contributed by atoms with Gasteiger partial charge in [0.1, 0.15) is 6.10 Å². The van der Waals surface area contributed by atoms with Crippen molar-refractivity contribution in [1.82, 2.24) is 10.6 Å². The molecule has 1 heterocycles. The topological polar surface area (TPSA) is 50.4 Å². The number of amides is 1. The quantitative estimate of drug-likeness (QED) is 0.308. The van der Waals surface area contributed by atoms with Gasteiger partial charge in [0.05, 0.1) is 0 Å².